The average Bonchev–Trinajstić information content (AvgIpc) is 2.71. The summed E-state index contributed by atoms with van der Waals surface area (Å²) in [7, 11) is 0. The Morgan fingerprint density at radius 2 is 1.90 bits per heavy atom. The number of hydrogen-bond acceptors (Lipinski definition) is 2. The zero-order valence-corrected chi connectivity index (χ0v) is 13.3. The van der Waals surface area contributed by atoms with E-state index in [2.05, 4.69) is 20.8 Å². The van der Waals surface area contributed by atoms with Crippen LogP contribution in [0.4, 0.5) is 0 Å². The number of rotatable bonds is 2. The molecule has 0 saturated heterocycles. The van der Waals surface area contributed by atoms with Crippen LogP contribution in [0.3, 0.4) is 0 Å². The highest BCUT2D eigenvalue weighted by molar-refractivity contribution is 5.85. The van der Waals surface area contributed by atoms with Crippen molar-refractivity contribution in [3.05, 3.63) is 0 Å². The van der Waals surface area contributed by atoms with Gasteiger partial charge < -0.3 is 5.11 Å². The first-order valence-electron chi connectivity index (χ1n) is 8.65. The molecule has 3 aliphatic rings. The van der Waals surface area contributed by atoms with Crippen LogP contribution in [-0.2, 0) is 4.79 Å². The van der Waals surface area contributed by atoms with Crippen molar-refractivity contribution in [2.24, 2.45) is 28.6 Å². The molecule has 0 aromatic carbocycles. The molecule has 3 aliphatic carbocycles. The van der Waals surface area contributed by atoms with Gasteiger partial charge in [0.1, 0.15) is 5.78 Å². The lowest BCUT2D eigenvalue weighted by Gasteiger charge is -2.55. The molecule has 0 bridgehead atoms. The number of fused-ring (bicyclic) bond motifs is 3. The lowest BCUT2D eigenvalue weighted by molar-refractivity contribution is -0.147. The van der Waals surface area contributed by atoms with Crippen molar-refractivity contribution in [3.63, 3.8) is 0 Å². The summed E-state index contributed by atoms with van der Waals surface area (Å²) >= 11 is 0. The zero-order chi connectivity index (χ0) is 14.5. The van der Waals surface area contributed by atoms with Gasteiger partial charge in [-0.1, -0.05) is 27.2 Å². The number of hydrogen-bond donors (Lipinski definition) is 1. The van der Waals surface area contributed by atoms with Gasteiger partial charge in [0.05, 0.1) is 6.10 Å². The molecule has 0 aliphatic heterocycles. The normalized spacial score (nSPS) is 51.7. The molecule has 0 amide bonds. The fraction of sp³-hybridized carbons (Fsp3) is 0.944. The Labute approximate surface area is 123 Å². The van der Waals surface area contributed by atoms with Crippen LogP contribution in [0.1, 0.15) is 72.1 Å². The summed E-state index contributed by atoms with van der Waals surface area (Å²) in [5, 5.41) is 10.4. The van der Waals surface area contributed by atoms with E-state index < -0.39 is 0 Å². The minimum absolute atomic E-state index is 0.0768. The first-order valence-corrected chi connectivity index (χ1v) is 8.65. The maximum atomic E-state index is 12.5. The predicted molar refractivity (Wildman–Crippen MR) is 80.3 cm³/mol. The molecule has 3 fully saturated rings. The maximum Gasteiger partial charge on any atom is 0.139 e. The van der Waals surface area contributed by atoms with Gasteiger partial charge in [0.2, 0.25) is 0 Å². The fourth-order valence-corrected chi connectivity index (χ4v) is 6.09. The number of Topliss-reactive ketones (excluding diaryl/α,β-unsaturated/α-hetero) is 1. The van der Waals surface area contributed by atoms with Crippen molar-refractivity contribution < 1.29 is 9.90 Å². The number of aliphatic hydroxyl groups is 1. The molecule has 3 saturated carbocycles. The highest BCUT2D eigenvalue weighted by Crippen LogP contribution is 2.62. The van der Waals surface area contributed by atoms with Gasteiger partial charge in [-0.2, -0.15) is 0 Å². The van der Waals surface area contributed by atoms with Crippen LogP contribution in [0.25, 0.3) is 0 Å². The molecule has 114 valence electrons. The molecule has 2 nitrogen and oxygen atoms in total. The molecule has 2 heteroatoms. The molecule has 0 spiro atoms. The standard InChI is InChI=1S/C18H30O2/c1-4-10-17(2)14-9-11-18(3)13(6-8-16(18)20)12(14)5-7-15(17)19/h12-14,16,20H,4-11H2,1-3H3/t12?,13?,14?,16?,17-,18?/m0/s1. The zero-order valence-electron chi connectivity index (χ0n) is 13.3. The van der Waals surface area contributed by atoms with Crippen LogP contribution in [0.5, 0.6) is 0 Å². The fourth-order valence-electron chi connectivity index (χ4n) is 6.09. The second-order valence-corrected chi connectivity index (χ2v) is 8.14. The monoisotopic (exact) mass is 278 g/mol. The Hall–Kier alpha value is -0.370. The van der Waals surface area contributed by atoms with E-state index in [0.717, 1.165) is 44.9 Å². The van der Waals surface area contributed by atoms with Gasteiger partial charge in [-0.25, -0.2) is 0 Å². The summed E-state index contributed by atoms with van der Waals surface area (Å²) < 4.78 is 0. The predicted octanol–water partition coefficient (Wildman–Crippen LogP) is 3.96. The van der Waals surface area contributed by atoms with Gasteiger partial charge in [-0.3, -0.25) is 4.79 Å². The van der Waals surface area contributed by atoms with E-state index in [4.69, 9.17) is 0 Å². The first-order chi connectivity index (χ1) is 9.43. The Kier molecular flexibility index (Phi) is 3.52. The van der Waals surface area contributed by atoms with Crippen LogP contribution < -0.4 is 0 Å². The molecule has 0 aromatic rings. The molecular formula is C18H30O2. The van der Waals surface area contributed by atoms with Gasteiger partial charge in [0.15, 0.2) is 0 Å². The molecule has 20 heavy (non-hydrogen) atoms. The SMILES string of the molecule is CCC[C@]1(C)C(=O)CCC2C3CCC(O)C3(C)CCC21. The van der Waals surface area contributed by atoms with Gasteiger partial charge in [-0.15, -0.1) is 0 Å². The third-order valence-electron chi connectivity index (χ3n) is 7.32. The van der Waals surface area contributed by atoms with Gasteiger partial charge in [0.25, 0.3) is 0 Å². The second kappa shape index (κ2) is 4.83. The summed E-state index contributed by atoms with van der Waals surface area (Å²) in [6.07, 6.45) is 8.33. The minimum atomic E-state index is -0.108. The Bertz CT molecular complexity index is 404. The number of carbonyl (C=O) groups excluding carboxylic acids is 1. The van der Waals surface area contributed by atoms with E-state index in [1.807, 2.05) is 0 Å². The van der Waals surface area contributed by atoms with Crippen LogP contribution in [0.2, 0.25) is 0 Å². The Morgan fingerprint density at radius 3 is 2.60 bits per heavy atom. The van der Waals surface area contributed by atoms with E-state index >= 15 is 0 Å². The lowest BCUT2D eigenvalue weighted by atomic mass is 9.49. The number of carbonyl (C=O) groups is 1. The average molecular weight is 278 g/mol. The molecule has 1 N–H and O–H groups in total. The molecular weight excluding hydrogens is 248 g/mol. The van der Waals surface area contributed by atoms with Gasteiger partial charge >= 0.3 is 0 Å². The largest absolute Gasteiger partial charge is 0.393 e. The number of aliphatic hydroxyl groups excluding tert-OH is 1. The summed E-state index contributed by atoms with van der Waals surface area (Å²) in [4.78, 5) is 12.5. The molecule has 6 atom stereocenters. The maximum absolute atomic E-state index is 12.5. The summed E-state index contributed by atoms with van der Waals surface area (Å²) in [5.41, 5.74) is 0.0568. The third-order valence-corrected chi connectivity index (χ3v) is 7.32. The smallest absolute Gasteiger partial charge is 0.139 e. The van der Waals surface area contributed by atoms with Gasteiger partial charge in [-0.05, 0) is 61.7 Å². The van der Waals surface area contributed by atoms with E-state index in [1.54, 1.807) is 0 Å². The van der Waals surface area contributed by atoms with Crippen molar-refractivity contribution in [2.75, 3.05) is 0 Å². The van der Waals surface area contributed by atoms with E-state index in [9.17, 15) is 9.90 Å². The highest BCUT2D eigenvalue weighted by atomic mass is 16.3. The van der Waals surface area contributed by atoms with E-state index in [-0.39, 0.29) is 16.9 Å². The third kappa shape index (κ3) is 1.83. The van der Waals surface area contributed by atoms with Gasteiger partial charge in [0, 0.05) is 11.8 Å². The number of ketones is 1. The van der Waals surface area contributed by atoms with Crippen molar-refractivity contribution in [3.8, 4) is 0 Å². The second-order valence-electron chi connectivity index (χ2n) is 8.14. The Balaban J connectivity index is 1.90. The molecule has 0 heterocycles. The van der Waals surface area contributed by atoms with Crippen LogP contribution in [0.15, 0.2) is 0 Å². The van der Waals surface area contributed by atoms with E-state index in [0.29, 0.717) is 23.5 Å². The first kappa shape index (κ1) is 14.6. The minimum Gasteiger partial charge on any atom is -0.393 e. The molecule has 3 rings (SSSR count). The van der Waals surface area contributed by atoms with E-state index in [1.165, 1.54) is 6.42 Å². The van der Waals surface area contributed by atoms with Crippen molar-refractivity contribution in [1.82, 2.24) is 0 Å². The van der Waals surface area contributed by atoms with Crippen LogP contribution in [0, 0.1) is 28.6 Å². The summed E-state index contributed by atoms with van der Waals surface area (Å²) in [6, 6.07) is 0. The van der Waals surface area contributed by atoms with Crippen molar-refractivity contribution in [2.45, 2.75) is 78.2 Å². The Morgan fingerprint density at radius 1 is 1.15 bits per heavy atom. The molecule has 0 aromatic heterocycles. The highest BCUT2D eigenvalue weighted by Gasteiger charge is 2.59. The van der Waals surface area contributed by atoms with Crippen LogP contribution in [-0.4, -0.2) is 17.0 Å². The summed E-state index contributed by atoms with van der Waals surface area (Å²) in [6.45, 7) is 6.75. The van der Waals surface area contributed by atoms with Crippen molar-refractivity contribution in [1.29, 1.82) is 0 Å². The van der Waals surface area contributed by atoms with Crippen LogP contribution >= 0.6 is 0 Å². The quantitative estimate of drug-likeness (QED) is 0.830. The topological polar surface area (TPSA) is 37.3 Å². The lowest BCUT2D eigenvalue weighted by Crippen LogP contribution is -2.52. The summed E-state index contributed by atoms with van der Waals surface area (Å²) in [5.74, 6) is 2.43. The molecule has 5 unspecified atom stereocenters. The van der Waals surface area contributed by atoms with Crippen molar-refractivity contribution >= 4 is 5.78 Å². The molecule has 0 radical (unpaired) electrons.